The molecular formula is C14H14N2O2. The van der Waals surface area contributed by atoms with Crippen molar-refractivity contribution < 1.29 is 9.53 Å². The van der Waals surface area contributed by atoms with E-state index in [1.54, 1.807) is 19.3 Å². The van der Waals surface area contributed by atoms with Crippen LogP contribution in [0.3, 0.4) is 0 Å². The first-order chi connectivity index (χ1) is 8.69. The SMILES string of the molecule is COC1=CC/C(=N\N=C2\C=C(C)C=CC2=O)C=C1. The Kier molecular flexibility index (Phi) is 3.67. The Morgan fingerprint density at radius 1 is 1.17 bits per heavy atom. The van der Waals surface area contributed by atoms with E-state index in [2.05, 4.69) is 10.2 Å². The molecule has 0 bridgehead atoms. The first-order valence-electron chi connectivity index (χ1n) is 5.66. The molecule has 0 amide bonds. The Labute approximate surface area is 106 Å². The van der Waals surface area contributed by atoms with Crippen LogP contribution in [0.2, 0.25) is 0 Å². The second-order valence-corrected chi connectivity index (χ2v) is 4.01. The Morgan fingerprint density at radius 3 is 2.67 bits per heavy atom. The molecular weight excluding hydrogens is 228 g/mol. The van der Waals surface area contributed by atoms with Gasteiger partial charge in [-0.1, -0.05) is 6.08 Å². The lowest BCUT2D eigenvalue weighted by Gasteiger charge is -2.06. The van der Waals surface area contributed by atoms with Gasteiger partial charge >= 0.3 is 0 Å². The molecule has 0 aromatic heterocycles. The van der Waals surface area contributed by atoms with Gasteiger partial charge in [-0.15, -0.1) is 5.10 Å². The third kappa shape index (κ3) is 2.91. The third-order valence-electron chi connectivity index (χ3n) is 2.59. The van der Waals surface area contributed by atoms with Gasteiger partial charge in [0.05, 0.1) is 12.8 Å². The highest BCUT2D eigenvalue weighted by Crippen LogP contribution is 2.10. The van der Waals surface area contributed by atoms with Gasteiger partial charge in [-0.2, -0.15) is 5.10 Å². The van der Waals surface area contributed by atoms with E-state index in [1.165, 1.54) is 6.08 Å². The van der Waals surface area contributed by atoms with Crippen LogP contribution in [0.4, 0.5) is 0 Å². The molecule has 4 nitrogen and oxygen atoms in total. The Hall–Kier alpha value is -2.23. The summed E-state index contributed by atoms with van der Waals surface area (Å²) in [6, 6.07) is 0. The van der Waals surface area contributed by atoms with Crippen molar-refractivity contribution in [3.63, 3.8) is 0 Å². The lowest BCUT2D eigenvalue weighted by Crippen LogP contribution is -2.12. The monoisotopic (exact) mass is 242 g/mol. The quantitative estimate of drug-likeness (QED) is 0.551. The van der Waals surface area contributed by atoms with E-state index < -0.39 is 0 Å². The zero-order valence-corrected chi connectivity index (χ0v) is 10.4. The van der Waals surface area contributed by atoms with Crippen LogP contribution in [-0.2, 0) is 9.53 Å². The largest absolute Gasteiger partial charge is 0.497 e. The number of hydrogen-bond acceptors (Lipinski definition) is 4. The van der Waals surface area contributed by atoms with Crippen molar-refractivity contribution >= 4 is 17.2 Å². The van der Waals surface area contributed by atoms with Gasteiger partial charge in [0, 0.05) is 6.42 Å². The fraction of sp³-hybridized carbons (Fsp3) is 0.214. The molecule has 0 radical (unpaired) electrons. The van der Waals surface area contributed by atoms with Gasteiger partial charge in [0.1, 0.15) is 11.5 Å². The predicted molar refractivity (Wildman–Crippen MR) is 71.6 cm³/mol. The fourth-order valence-corrected chi connectivity index (χ4v) is 1.57. The van der Waals surface area contributed by atoms with Crippen LogP contribution in [0.1, 0.15) is 13.3 Å². The van der Waals surface area contributed by atoms with Crippen LogP contribution < -0.4 is 0 Å². The highest BCUT2D eigenvalue weighted by atomic mass is 16.5. The molecule has 18 heavy (non-hydrogen) atoms. The number of methoxy groups -OCH3 is 1. The first kappa shape index (κ1) is 12.2. The molecule has 92 valence electrons. The molecule has 0 aliphatic heterocycles. The van der Waals surface area contributed by atoms with Gasteiger partial charge < -0.3 is 4.74 Å². The highest BCUT2D eigenvalue weighted by molar-refractivity contribution is 6.49. The molecule has 0 heterocycles. The summed E-state index contributed by atoms with van der Waals surface area (Å²) in [5.74, 6) is 0.701. The lowest BCUT2D eigenvalue weighted by atomic mass is 10.1. The minimum absolute atomic E-state index is 0.113. The average Bonchev–Trinajstić information content (AvgIpc) is 2.40. The number of rotatable bonds is 2. The van der Waals surface area contributed by atoms with Crippen molar-refractivity contribution in [1.29, 1.82) is 0 Å². The predicted octanol–water partition coefficient (Wildman–Crippen LogP) is 2.36. The summed E-state index contributed by atoms with van der Waals surface area (Å²) in [5, 5.41) is 8.07. The molecule has 0 saturated carbocycles. The van der Waals surface area contributed by atoms with Gasteiger partial charge in [0.15, 0.2) is 0 Å². The van der Waals surface area contributed by atoms with E-state index >= 15 is 0 Å². The summed E-state index contributed by atoms with van der Waals surface area (Å²) in [7, 11) is 1.62. The number of nitrogens with zero attached hydrogens (tertiary/aromatic N) is 2. The zero-order chi connectivity index (χ0) is 13.0. The van der Waals surface area contributed by atoms with Crippen molar-refractivity contribution in [2.45, 2.75) is 13.3 Å². The number of carbonyl (C=O) groups excluding carboxylic acids is 1. The average molecular weight is 242 g/mol. The maximum absolute atomic E-state index is 11.5. The number of allylic oxidation sites excluding steroid dienone is 7. The van der Waals surface area contributed by atoms with E-state index in [1.807, 2.05) is 25.2 Å². The first-order valence-corrected chi connectivity index (χ1v) is 5.66. The maximum atomic E-state index is 11.5. The lowest BCUT2D eigenvalue weighted by molar-refractivity contribution is -0.108. The molecule has 0 aromatic carbocycles. The van der Waals surface area contributed by atoms with Crippen molar-refractivity contribution in [2.75, 3.05) is 7.11 Å². The topological polar surface area (TPSA) is 51.0 Å². The number of carbonyl (C=O) groups is 1. The molecule has 2 aliphatic rings. The van der Waals surface area contributed by atoms with E-state index in [9.17, 15) is 4.79 Å². The second-order valence-electron chi connectivity index (χ2n) is 4.01. The zero-order valence-electron chi connectivity index (χ0n) is 10.4. The molecule has 0 saturated heterocycles. The molecule has 0 aromatic rings. The normalized spacial score (nSPS) is 23.3. The molecule has 2 aliphatic carbocycles. The van der Waals surface area contributed by atoms with Crippen LogP contribution in [0, 0.1) is 0 Å². The van der Waals surface area contributed by atoms with E-state index in [0.29, 0.717) is 12.1 Å². The van der Waals surface area contributed by atoms with Crippen molar-refractivity contribution in [1.82, 2.24) is 0 Å². The molecule has 2 rings (SSSR count). The van der Waals surface area contributed by atoms with E-state index in [-0.39, 0.29) is 5.78 Å². The minimum atomic E-state index is -0.113. The number of ether oxygens (including phenoxy) is 1. The summed E-state index contributed by atoms with van der Waals surface area (Å²) in [6.07, 6.45) is 11.2. The van der Waals surface area contributed by atoms with E-state index in [0.717, 1.165) is 17.0 Å². The second kappa shape index (κ2) is 5.40. The number of hydrogen-bond donors (Lipinski definition) is 0. The van der Waals surface area contributed by atoms with Crippen LogP contribution in [0.25, 0.3) is 0 Å². The smallest absolute Gasteiger partial charge is 0.206 e. The Balaban J connectivity index is 2.12. The van der Waals surface area contributed by atoms with Gasteiger partial charge in [0.25, 0.3) is 0 Å². The highest BCUT2D eigenvalue weighted by Gasteiger charge is 2.10. The van der Waals surface area contributed by atoms with Gasteiger partial charge in [-0.3, -0.25) is 4.79 Å². The van der Waals surface area contributed by atoms with Crippen molar-refractivity contribution in [2.24, 2.45) is 10.2 Å². The summed E-state index contributed by atoms with van der Waals surface area (Å²) >= 11 is 0. The summed E-state index contributed by atoms with van der Waals surface area (Å²) in [4.78, 5) is 11.5. The molecule has 4 heteroatoms. The molecule has 0 atom stereocenters. The minimum Gasteiger partial charge on any atom is -0.497 e. The van der Waals surface area contributed by atoms with Crippen LogP contribution in [0.5, 0.6) is 0 Å². The Bertz CT molecular complexity index is 546. The summed E-state index contributed by atoms with van der Waals surface area (Å²) in [6.45, 7) is 1.92. The van der Waals surface area contributed by atoms with Crippen LogP contribution in [-0.4, -0.2) is 24.3 Å². The van der Waals surface area contributed by atoms with Gasteiger partial charge in [-0.05, 0) is 42.9 Å². The van der Waals surface area contributed by atoms with Crippen LogP contribution >= 0.6 is 0 Å². The summed E-state index contributed by atoms with van der Waals surface area (Å²) < 4.78 is 5.08. The Morgan fingerprint density at radius 2 is 2.00 bits per heavy atom. The van der Waals surface area contributed by atoms with Crippen LogP contribution in [0.15, 0.2) is 58.0 Å². The number of ketones is 1. The third-order valence-corrected chi connectivity index (χ3v) is 2.59. The maximum Gasteiger partial charge on any atom is 0.206 e. The standard InChI is InChI=1S/C14H14N2O2/c1-10-3-8-14(17)13(9-10)16-15-11-4-6-12(18-2)7-5-11/h3-4,6-9H,5H2,1-2H3/b15-11-,16-13-. The molecule has 0 N–H and O–H groups in total. The molecule has 0 unspecified atom stereocenters. The molecule has 0 fully saturated rings. The van der Waals surface area contributed by atoms with Crippen molar-refractivity contribution in [3.05, 3.63) is 47.8 Å². The van der Waals surface area contributed by atoms with Crippen molar-refractivity contribution in [3.8, 4) is 0 Å². The van der Waals surface area contributed by atoms with Gasteiger partial charge in [0.2, 0.25) is 5.78 Å². The summed E-state index contributed by atoms with van der Waals surface area (Å²) in [5.41, 5.74) is 2.17. The van der Waals surface area contributed by atoms with Gasteiger partial charge in [-0.25, -0.2) is 0 Å². The fourth-order valence-electron chi connectivity index (χ4n) is 1.57. The molecule has 0 spiro atoms. The van der Waals surface area contributed by atoms with E-state index in [4.69, 9.17) is 4.74 Å².